The summed E-state index contributed by atoms with van der Waals surface area (Å²) in [6, 6.07) is -0.979. The van der Waals surface area contributed by atoms with Crippen LogP contribution in [0.4, 0.5) is 0 Å². The Morgan fingerprint density at radius 3 is 0.906 bits per heavy atom. The molecule has 0 saturated heterocycles. The molecule has 0 aliphatic rings. The lowest BCUT2D eigenvalue weighted by Gasteiger charge is -2.27. The summed E-state index contributed by atoms with van der Waals surface area (Å²) >= 11 is 0. The SMILES string of the molecule is CCCCCCCCCCCCCCCCCCCCCC(O)C(O)C(CO)NC(=O)C(O)CCCCCCCCCCCCCCCCCCCC. The highest BCUT2D eigenvalue weighted by Gasteiger charge is 2.28. The van der Waals surface area contributed by atoms with Crippen LogP contribution in [0.5, 0.6) is 0 Å². The Labute approximate surface area is 330 Å². The fraction of sp³-hybridized carbons (Fsp3) is 0.979. The van der Waals surface area contributed by atoms with Crippen molar-refractivity contribution < 1.29 is 25.2 Å². The molecule has 0 heterocycles. The number of rotatable bonds is 44. The van der Waals surface area contributed by atoms with Gasteiger partial charge < -0.3 is 25.7 Å². The summed E-state index contributed by atoms with van der Waals surface area (Å²) in [5, 5.41) is 43.8. The molecule has 53 heavy (non-hydrogen) atoms. The van der Waals surface area contributed by atoms with Crippen molar-refractivity contribution in [3.05, 3.63) is 0 Å². The van der Waals surface area contributed by atoms with E-state index in [9.17, 15) is 25.2 Å². The maximum Gasteiger partial charge on any atom is 0.249 e. The first-order valence-electron chi connectivity index (χ1n) is 23.9. The molecule has 0 rings (SSSR count). The highest BCUT2D eigenvalue weighted by Crippen LogP contribution is 2.18. The zero-order valence-electron chi connectivity index (χ0n) is 35.8. The van der Waals surface area contributed by atoms with Gasteiger partial charge in [-0.25, -0.2) is 0 Å². The number of amides is 1. The summed E-state index contributed by atoms with van der Waals surface area (Å²) in [4.78, 5) is 12.5. The number of hydrogen-bond acceptors (Lipinski definition) is 5. The molecular weight excluding hydrogens is 659 g/mol. The fourth-order valence-electron chi connectivity index (χ4n) is 7.76. The molecule has 0 aliphatic heterocycles. The monoisotopic (exact) mass is 754 g/mol. The van der Waals surface area contributed by atoms with E-state index < -0.39 is 36.9 Å². The van der Waals surface area contributed by atoms with Gasteiger partial charge in [-0.1, -0.05) is 251 Å². The van der Waals surface area contributed by atoms with Crippen LogP contribution >= 0.6 is 0 Å². The lowest BCUT2D eigenvalue weighted by Crippen LogP contribution is -2.53. The average molecular weight is 754 g/mol. The van der Waals surface area contributed by atoms with Gasteiger partial charge in [0, 0.05) is 0 Å². The molecule has 6 nitrogen and oxygen atoms in total. The minimum absolute atomic E-state index is 0.376. The van der Waals surface area contributed by atoms with Crippen molar-refractivity contribution in [2.45, 2.75) is 289 Å². The Morgan fingerprint density at radius 1 is 0.396 bits per heavy atom. The van der Waals surface area contributed by atoms with Crippen molar-refractivity contribution in [2.24, 2.45) is 0 Å². The van der Waals surface area contributed by atoms with E-state index in [0.29, 0.717) is 12.8 Å². The zero-order valence-corrected chi connectivity index (χ0v) is 35.8. The maximum atomic E-state index is 12.5. The molecule has 0 spiro atoms. The number of unbranched alkanes of at least 4 members (excludes halogenated alkanes) is 35. The van der Waals surface area contributed by atoms with E-state index in [1.807, 2.05) is 0 Å². The minimum Gasteiger partial charge on any atom is -0.394 e. The molecule has 0 aliphatic carbocycles. The Bertz CT molecular complexity index is 721. The van der Waals surface area contributed by atoms with Crippen LogP contribution < -0.4 is 5.32 Å². The molecule has 0 saturated carbocycles. The standard InChI is InChI=1S/C47H95NO5/c1-3-5-7-9-11-13-15-17-19-21-23-25-26-28-30-32-34-36-38-40-44(50)46(52)43(42-49)48-47(53)45(51)41-39-37-35-33-31-29-27-24-22-20-18-16-14-12-10-8-6-4-2/h43-46,49-52H,3-42H2,1-2H3,(H,48,53). The predicted molar refractivity (Wildman–Crippen MR) is 228 cm³/mol. The number of carbonyl (C=O) groups excluding carboxylic acids is 1. The maximum absolute atomic E-state index is 12.5. The second-order valence-corrected chi connectivity index (χ2v) is 16.8. The molecule has 0 fully saturated rings. The highest BCUT2D eigenvalue weighted by atomic mass is 16.3. The summed E-state index contributed by atoms with van der Waals surface area (Å²) in [6.45, 7) is 4.08. The topological polar surface area (TPSA) is 110 Å². The van der Waals surface area contributed by atoms with Crippen molar-refractivity contribution in [2.75, 3.05) is 6.61 Å². The van der Waals surface area contributed by atoms with E-state index >= 15 is 0 Å². The third-order valence-corrected chi connectivity index (χ3v) is 11.6. The first kappa shape index (κ1) is 52.3. The first-order chi connectivity index (χ1) is 26.0. The van der Waals surface area contributed by atoms with Crippen LogP contribution in [0, 0.1) is 0 Å². The van der Waals surface area contributed by atoms with Crippen LogP contribution in [0.15, 0.2) is 0 Å². The van der Waals surface area contributed by atoms with Gasteiger partial charge >= 0.3 is 0 Å². The third kappa shape index (κ3) is 36.7. The molecule has 6 heteroatoms. The Hall–Kier alpha value is -0.690. The fourth-order valence-corrected chi connectivity index (χ4v) is 7.76. The Morgan fingerprint density at radius 2 is 0.642 bits per heavy atom. The number of aliphatic hydroxyl groups excluding tert-OH is 4. The molecule has 0 aromatic carbocycles. The van der Waals surface area contributed by atoms with Gasteiger partial charge in [-0.05, 0) is 12.8 Å². The number of carbonyl (C=O) groups is 1. The zero-order chi connectivity index (χ0) is 38.9. The van der Waals surface area contributed by atoms with Crippen LogP contribution in [-0.4, -0.2) is 57.3 Å². The summed E-state index contributed by atoms with van der Waals surface area (Å²) < 4.78 is 0. The van der Waals surface area contributed by atoms with E-state index in [4.69, 9.17) is 0 Å². The molecule has 5 N–H and O–H groups in total. The largest absolute Gasteiger partial charge is 0.394 e. The number of aliphatic hydroxyl groups is 4. The molecule has 318 valence electrons. The number of nitrogens with one attached hydrogen (secondary N) is 1. The summed E-state index contributed by atoms with van der Waals surface area (Å²) in [5.41, 5.74) is 0. The van der Waals surface area contributed by atoms with Gasteiger partial charge in [0.1, 0.15) is 12.2 Å². The Kier molecular flexibility index (Phi) is 41.9. The normalized spacial score (nSPS) is 14.0. The number of hydrogen-bond donors (Lipinski definition) is 5. The predicted octanol–water partition coefficient (Wildman–Crippen LogP) is 12.8. The van der Waals surface area contributed by atoms with Crippen LogP contribution in [0.2, 0.25) is 0 Å². The van der Waals surface area contributed by atoms with Gasteiger partial charge in [0.25, 0.3) is 0 Å². The lowest BCUT2D eigenvalue weighted by atomic mass is 9.99. The van der Waals surface area contributed by atoms with E-state index in [1.54, 1.807) is 0 Å². The lowest BCUT2D eigenvalue weighted by molar-refractivity contribution is -0.132. The van der Waals surface area contributed by atoms with E-state index in [-0.39, 0.29) is 0 Å². The molecule has 0 aromatic rings. The second kappa shape index (κ2) is 42.5. The van der Waals surface area contributed by atoms with E-state index in [2.05, 4.69) is 19.2 Å². The van der Waals surface area contributed by atoms with Gasteiger partial charge in [-0.2, -0.15) is 0 Å². The van der Waals surface area contributed by atoms with Crippen molar-refractivity contribution in [1.82, 2.24) is 5.32 Å². The van der Waals surface area contributed by atoms with Gasteiger partial charge in [-0.3, -0.25) is 4.79 Å². The van der Waals surface area contributed by atoms with E-state index in [1.165, 1.54) is 199 Å². The molecule has 0 aromatic heterocycles. The molecule has 0 bridgehead atoms. The van der Waals surface area contributed by atoms with Gasteiger partial charge in [-0.15, -0.1) is 0 Å². The highest BCUT2D eigenvalue weighted by molar-refractivity contribution is 5.80. The van der Waals surface area contributed by atoms with Crippen LogP contribution in [0.1, 0.15) is 264 Å². The van der Waals surface area contributed by atoms with Crippen molar-refractivity contribution >= 4 is 5.91 Å². The smallest absolute Gasteiger partial charge is 0.249 e. The summed E-state index contributed by atoms with van der Waals surface area (Å²) in [5.74, 6) is -0.578. The molecule has 4 atom stereocenters. The Balaban J connectivity index is 3.66. The summed E-state index contributed by atoms with van der Waals surface area (Å²) in [7, 11) is 0. The average Bonchev–Trinajstić information content (AvgIpc) is 3.16. The van der Waals surface area contributed by atoms with Gasteiger partial charge in [0.05, 0.1) is 18.8 Å². The van der Waals surface area contributed by atoms with E-state index in [0.717, 1.165) is 38.5 Å². The molecular formula is C47H95NO5. The van der Waals surface area contributed by atoms with Crippen molar-refractivity contribution in [3.8, 4) is 0 Å². The first-order valence-corrected chi connectivity index (χ1v) is 23.9. The van der Waals surface area contributed by atoms with Gasteiger partial charge in [0.2, 0.25) is 5.91 Å². The van der Waals surface area contributed by atoms with Crippen LogP contribution in [-0.2, 0) is 4.79 Å². The second-order valence-electron chi connectivity index (χ2n) is 16.8. The van der Waals surface area contributed by atoms with Crippen molar-refractivity contribution in [3.63, 3.8) is 0 Å². The minimum atomic E-state index is -1.25. The molecule has 0 radical (unpaired) electrons. The molecule has 1 amide bonds. The van der Waals surface area contributed by atoms with Crippen LogP contribution in [0.25, 0.3) is 0 Å². The van der Waals surface area contributed by atoms with Crippen molar-refractivity contribution in [1.29, 1.82) is 0 Å². The quantitative estimate of drug-likeness (QED) is 0.0398. The van der Waals surface area contributed by atoms with Gasteiger partial charge in [0.15, 0.2) is 0 Å². The third-order valence-electron chi connectivity index (χ3n) is 11.6. The summed E-state index contributed by atoms with van der Waals surface area (Å²) in [6.07, 6.45) is 45.6. The molecule has 4 unspecified atom stereocenters. The van der Waals surface area contributed by atoms with Crippen LogP contribution in [0.3, 0.4) is 0 Å².